The SMILES string of the molecule is CC(CO)CNC(=O)C(C)CC1CCCCC1. The van der Waals surface area contributed by atoms with Gasteiger partial charge in [-0.25, -0.2) is 0 Å². The Labute approximate surface area is 105 Å². The molecule has 3 heteroatoms. The lowest BCUT2D eigenvalue weighted by molar-refractivity contribution is -0.125. The summed E-state index contributed by atoms with van der Waals surface area (Å²) < 4.78 is 0. The summed E-state index contributed by atoms with van der Waals surface area (Å²) in [6.07, 6.45) is 7.65. The molecule has 0 radical (unpaired) electrons. The van der Waals surface area contributed by atoms with Crippen molar-refractivity contribution in [1.29, 1.82) is 0 Å². The number of amides is 1. The fourth-order valence-electron chi connectivity index (χ4n) is 2.54. The summed E-state index contributed by atoms with van der Waals surface area (Å²) in [5.74, 6) is 1.17. The summed E-state index contributed by atoms with van der Waals surface area (Å²) in [7, 11) is 0. The smallest absolute Gasteiger partial charge is 0.222 e. The van der Waals surface area contributed by atoms with Crippen LogP contribution in [0.4, 0.5) is 0 Å². The largest absolute Gasteiger partial charge is 0.396 e. The molecule has 0 aromatic rings. The van der Waals surface area contributed by atoms with Gasteiger partial charge in [-0.15, -0.1) is 0 Å². The van der Waals surface area contributed by atoms with Crippen LogP contribution in [0.2, 0.25) is 0 Å². The third-order valence-corrected chi connectivity index (χ3v) is 3.80. The molecular formula is C14H27NO2. The summed E-state index contributed by atoms with van der Waals surface area (Å²) in [6.45, 7) is 4.68. The highest BCUT2D eigenvalue weighted by Crippen LogP contribution is 2.28. The first-order valence-corrected chi connectivity index (χ1v) is 7.02. The van der Waals surface area contributed by atoms with Crippen LogP contribution in [-0.4, -0.2) is 24.2 Å². The van der Waals surface area contributed by atoms with Crippen molar-refractivity contribution in [1.82, 2.24) is 5.32 Å². The van der Waals surface area contributed by atoms with Crippen LogP contribution in [0.5, 0.6) is 0 Å². The molecule has 2 unspecified atom stereocenters. The van der Waals surface area contributed by atoms with E-state index in [1.807, 2.05) is 13.8 Å². The summed E-state index contributed by atoms with van der Waals surface area (Å²) in [4.78, 5) is 11.8. The molecule has 1 amide bonds. The van der Waals surface area contributed by atoms with E-state index in [-0.39, 0.29) is 24.3 Å². The number of carbonyl (C=O) groups is 1. The fourth-order valence-corrected chi connectivity index (χ4v) is 2.54. The molecule has 0 aliphatic heterocycles. The van der Waals surface area contributed by atoms with Crippen LogP contribution in [-0.2, 0) is 4.79 Å². The van der Waals surface area contributed by atoms with Gasteiger partial charge in [0.15, 0.2) is 0 Å². The molecule has 0 bridgehead atoms. The van der Waals surface area contributed by atoms with Gasteiger partial charge in [0.05, 0.1) is 0 Å². The molecule has 2 N–H and O–H groups in total. The molecule has 0 saturated heterocycles. The first-order valence-electron chi connectivity index (χ1n) is 7.02. The molecule has 0 heterocycles. The number of aliphatic hydroxyl groups is 1. The number of rotatable bonds is 6. The van der Waals surface area contributed by atoms with E-state index in [0.717, 1.165) is 12.3 Å². The van der Waals surface area contributed by atoms with Crippen LogP contribution in [0.3, 0.4) is 0 Å². The average molecular weight is 241 g/mol. The minimum Gasteiger partial charge on any atom is -0.396 e. The van der Waals surface area contributed by atoms with E-state index in [0.29, 0.717) is 6.54 Å². The molecule has 0 aromatic carbocycles. The fraction of sp³-hybridized carbons (Fsp3) is 0.929. The van der Waals surface area contributed by atoms with Crippen LogP contribution < -0.4 is 5.32 Å². The second-order valence-corrected chi connectivity index (χ2v) is 5.67. The van der Waals surface area contributed by atoms with Gasteiger partial charge < -0.3 is 10.4 Å². The van der Waals surface area contributed by atoms with Crippen LogP contribution in [0.1, 0.15) is 52.4 Å². The van der Waals surface area contributed by atoms with Crippen molar-refractivity contribution >= 4 is 5.91 Å². The third-order valence-electron chi connectivity index (χ3n) is 3.80. The molecule has 0 spiro atoms. The Morgan fingerprint density at radius 2 is 1.94 bits per heavy atom. The average Bonchev–Trinajstić information content (AvgIpc) is 2.36. The molecule has 1 aliphatic rings. The third kappa shape index (κ3) is 5.53. The molecular weight excluding hydrogens is 214 g/mol. The summed E-state index contributed by atoms with van der Waals surface area (Å²) in [5, 5.41) is 11.8. The first kappa shape index (κ1) is 14.5. The van der Waals surface area contributed by atoms with Crippen molar-refractivity contribution in [3.8, 4) is 0 Å². The van der Waals surface area contributed by atoms with E-state index >= 15 is 0 Å². The lowest BCUT2D eigenvalue weighted by Gasteiger charge is -2.24. The lowest BCUT2D eigenvalue weighted by Crippen LogP contribution is -2.34. The first-order chi connectivity index (χ1) is 8.13. The number of hydrogen-bond donors (Lipinski definition) is 2. The van der Waals surface area contributed by atoms with E-state index < -0.39 is 0 Å². The maximum atomic E-state index is 11.8. The number of aliphatic hydroxyl groups excluding tert-OH is 1. The van der Waals surface area contributed by atoms with Crippen LogP contribution in [0, 0.1) is 17.8 Å². The van der Waals surface area contributed by atoms with Gasteiger partial charge in [-0.1, -0.05) is 46.0 Å². The predicted octanol–water partition coefficient (Wildman–Crippen LogP) is 2.34. The van der Waals surface area contributed by atoms with Crippen molar-refractivity contribution < 1.29 is 9.90 Å². The highest BCUT2D eigenvalue weighted by Gasteiger charge is 2.20. The second-order valence-electron chi connectivity index (χ2n) is 5.67. The maximum absolute atomic E-state index is 11.8. The van der Waals surface area contributed by atoms with Gasteiger partial charge in [-0.2, -0.15) is 0 Å². The normalized spacial score (nSPS) is 20.9. The topological polar surface area (TPSA) is 49.3 Å². The summed E-state index contributed by atoms with van der Waals surface area (Å²) in [6, 6.07) is 0. The zero-order valence-corrected chi connectivity index (χ0v) is 11.2. The molecule has 1 aliphatic carbocycles. The van der Waals surface area contributed by atoms with Crippen LogP contribution in [0.15, 0.2) is 0 Å². The lowest BCUT2D eigenvalue weighted by atomic mass is 9.83. The Bertz CT molecular complexity index is 224. The minimum absolute atomic E-state index is 0.115. The molecule has 2 atom stereocenters. The van der Waals surface area contributed by atoms with Gasteiger partial charge in [-0.05, 0) is 18.3 Å². The molecule has 100 valence electrons. The van der Waals surface area contributed by atoms with E-state index in [1.165, 1.54) is 32.1 Å². The minimum atomic E-state index is 0.115. The van der Waals surface area contributed by atoms with Gasteiger partial charge in [0.1, 0.15) is 0 Å². The quantitative estimate of drug-likeness (QED) is 0.750. The number of hydrogen-bond acceptors (Lipinski definition) is 2. The molecule has 1 fully saturated rings. The zero-order valence-electron chi connectivity index (χ0n) is 11.2. The maximum Gasteiger partial charge on any atom is 0.222 e. The highest BCUT2D eigenvalue weighted by atomic mass is 16.3. The zero-order chi connectivity index (χ0) is 12.7. The van der Waals surface area contributed by atoms with Crippen molar-refractivity contribution in [2.45, 2.75) is 52.4 Å². The number of nitrogens with one attached hydrogen (secondary N) is 1. The monoisotopic (exact) mass is 241 g/mol. The Balaban J connectivity index is 2.21. The van der Waals surface area contributed by atoms with Crippen LogP contribution in [0.25, 0.3) is 0 Å². The van der Waals surface area contributed by atoms with E-state index in [9.17, 15) is 4.79 Å². The van der Waals surface area contributed by atoms with Crippen LogP contribution >= 0.6 is 0 Å². The van der Waals surface area contributed by atoms with Gasteiger partial charge in [0.2, 0.25) is 5.91 Å². The van der Waals surface area contributed by atoms with E-state index in [1.54, 1.807) is 0 Å². The van der Waals surface area contributed by atoms with Crippen molar-refractivity contribution in [2.24, 2.45) is 17.8 Å². The van der Waals surface area contributed by atoms with Crippen molar-refractivity contribution in [3.63, 3.8) is 0 Å². The van der Waals surface area contributed by atoms with Crippen molar-refractivity contribution in [3.05, 3.63) is 0 Å². The molecule has 0 aromatic heterocycles. The Hall–Kier alpha value is -0.570. The molecule has 17 heavy (non-hydrogen) atoms. The molecule has 1 rings (SSSR count). The standard InChI is InChI=1S/C14H27NO2/c1-11(10-16)9-15-14(17)12(2)8-13-6-4-3-5-7-13/h11-13,16H,3-10H2,1-2H3,(H,15,17). The molecule has 3 nitrogen and oxygen atoms in total. The van der Waals surface area contributed by atoms with Crippen molar-refractivity contribution in [2.75, 3.05) is 13.2 Å². The van der Waals surface area contributed by atoms with Gasteiger partial charge >= 0.3 is 0 Å². The summed E-state index contributed by atoms with van der Waals surface area (Å²) >= 11 is 0. The summed E-state index contributed by atoms with van der Waals surface area (Å²) in [5.41, 5.74) is 0. The van der Waals surface area contributed by atoms with Gasteiger partial charge in [0, 0.05) is 19.1 Å². The predicted molar refractivity (Wildman–Crippen MR) is 69.6 cm³/mol. The molecule has 1 saturated carbocycles. The Morgan fingerprint density at radius 1 is 1.29 bits per heavy atom. The Morgan fingerprint density at radius 3 is 2.53 bits per heavy atom. The van der Waals surface area contributed by atoms with Gasteiger partial charge in [0.25, 0.3) is 0 Å². The second kappa shape index (κ2) is 7.70. The van der Waals surface area contributed by atoms with E-state index in [4.69, 9.17) is 5.11 Å². The van der Waals surface area contributed by atoms with E-state index in [2.05, 4.69) is 5.32 Å². The van der Waals surface area contributed by atoms with Gasteiger partial charge in [-0.3, -0.25) is 4.79 Å². The highest BCUT2D eigenvalue weighted by molar-refractivity contribution is 5.78. The Kier molecular flexibility index (Phi) is 6.56. The number of carbonyl (C=O) groups excluding carboxylic acids is 1.